The Kier molecular flexibility index (Phi) is 9.02. The van der Waals surface area contributed by atoms with Gasteiger partial charge in [-0.3, -0.25) is 4.79 Å². The Morgan fingerprint density at radius 2 is 1.50 bits per heavy atom. The largest absolute Gasteiger partial charge is 0.294 e. The Balaban J connectivity index is 2.38. The van der Waals surface area contributed by atoms with Gasteiger partial charge in [0.25, 0.3) is 0 Å². The normalized spacial score (nSPS) is 12.3. The van der Waals surface area contributed by atoms with Crippen LogP contribution in [0.15, 0.2) is 30.3 Å². The van der Waals surface area contributed by atoms with Crippen LogP contribution >= 0.6 is 0 Å². The number of carbonyl (C=O) groups is 1. The van der Waals surface area contributed by atoms with E-state index >= 15 is 0 Å². The van der Waals surface area contributed by atoms with Crippen LogP contribution in [0.4, 0.5) is 0 Å². The van der Waals surface area contributed by atoms with Crippen molar-refractivity contribution in [1.82, 2.24) is 0 Å². The molecule has 0 spiro atoms. The molecule has 0 radical (unpaired) electrons. The van der Waals surface area contributed by atoms with Crippen molar-refractivity contribution in [3.63, 3.8) is 0 Å². The minimum Gasteiger partial charge on any atom is -0.294 e. The zero-order valence-corrected chi connectivity index (χ0v) is 13.2. The Bertz CT molecular complexity index is 355. The smallest absolute Gasteiger partial charge is 0.165 e. The van der Waals surface area contributed by atoms with Crippen LogP contribution in [0.5, 0.6) is 0 Å². The van der Waals surface area contributed by atoms with Crippen LogP contribution in [-0.2, 0) is 0 Å². The third-order valence-corrected chi connectivity index (χ3v) is 3.97. The summed E-state index contributed by atoms with van der Waals surface area (Å²) in [4.78, 5) is 12.5. The lowest BCUT2D eigenvalue weighted by Crippen LogP contribution is -2.14. The minimum absolute atomic E-state index is 0.230. The Labute approximate surface area is 124 Å². The van der Waals surface area contributed by atoms with Crippen molar-refractivity contribution in [3.05, 3.63) is 35.9 Å². The number of unbranched alkanes of at least 4 members (excludes halogenated alkanes) is 5. The number of hydrogen-bond donors (Lipinski definition) is 0. The van der Waals surface area contributed by atoms with Gasteiger partial charge in [0.1, 0.15) is 0 Å². The van der Waals surface area contributed by atoms with Gasteiger partial charge in [-0.05, 0) is 12.8 Å². The van der Waals surface area contributed by atoms with Crippen LogP contribution in [-0.4, -0.2) is 5.78 Å². The first-order chi connectivity index (χ1) is 9.79. The van der Waals surface area contributed by atoms with Crippen LogP contribution in [0, 0.1) is 5.92 Å². The molecular weight excluding hydrogens is 244 g/mol. The van der Waals surface area contributed by atoms with Crippen LogP contribution in [0.1, 0.15) is 82.0 Å². The Morgan fingerprint density at radius 3 is 2.15 bits per heavy atom. The predicted molar refractivity (Wildman–Crippen MR) is 87.2 cm³/mol. The highest BCUT2D eigenvalue weighted by molar-refractivity contribution is 5.97. The molecule has 1 nitrogen and oxygen atoms in total. The van der Waals surface area contributed by atoms with Gasteiger partial charge in [0.2, 0.25) is 0 Å². The highest BCUT2D eigenvalue weighted by Crippen LogP contribution is 2.21. The molecule has 0 N–H and O–H groups in total. The van der Waals surface area contributed by atoms with Crippen molar-refractivity contribution in [2.24, 2.45) is 5.92 Å². The van der Waals surface area contributed by atoms with Crippen molar-refractivity contribution in [3.8, 4) is 0 Å². The molecule has 0 aliphatic rings. The van der Waals surface area contributed by atoms with Gasteiger partial charge in [-0.15, -0.1) is 0 Å². The highest BCUT2D eigenvalue weighted by Gasteiger charge is 2.18. The summed E-state index contributed by atoms with van der Waals surface area (Å²) in [5, 5.41) is 0. The second kappa shape index (κ2) is 10.7. The van der Waals surface area contributed by atoms with E-state index in [1.807, 2.05) is 30.3 Å². The minimum atomic E-state index is 0.230. The van der Waals surface area contributed by atoms with Crippen LogP contribution in [0.2, 0.25) is 0 Å². The molecule has 0 aliphatic carbocycles. The van der Waals surface area contributed by atoms with E-state index in [0.717, 1.165) is 24.8 Å². The van der Waals surface area contributed by atoms with E-state index in [-0.39, 0.29) is 5.92 Å². The summed E-state index contributed by atoms with van der Waals surface area (Å²) in [5.74, 6) is 0.578. The zero-order valence-electron chi connectivity index (χ0n) is 13.2. The maximum absolute atomic E-state index is 12.5. The Hall–Kier alpha value is -1.11. The molecule has 1 aromatic carbocycles. The standard InChI is InChI=1S/C19H30O/c1-3-5-6-7-8-10-14-17(13-4-2)19(20)18-15-11-9-12-16-18/h9,11-12,15-17H,3-8,10,13-14H2,1-2H3. The fourth-order valence-corrected chi connectivity index (χ4v) is 2.76. The summed E-state index contributed by atoms with van der Waals surface area (Å²) < 4.78 is 0. The molecule has 1 atom stereocenters. The molecule has 0 saturated carbocycles. The first-order valence-corrected chi connectivity index (χ1v) is 8.38. The van der Waals surface area contributed by atoms with Gasteiger partial charge >= 0.3 is 0 Å². The van der Waals surface area contributed by atoms with Gasteiger partial charge < -0.3 is 0 Å². The summed E-state index contributed by atoms with van der Waals surface area (Å²) in [5.41, 5.74) is 0.886. The van der Waals surface area contributed by atoms with Gasteiger partial charge in [-0.25, -0.2) is 0 Å². The Morgan fingerprint density at radius 1 is 0.850 bits per heavy atom. The van der Waals surface area contributed by atoms with Gasteiger partial charge in [0, 0.05) is 11.5 Å². The monoisotopic (exact) mass is 274 g/mol. The fraction of sp³-hybridized carbons (Fsp3) is 0.632. The summed E-state index contributed by atoms with van der Waals surface area (Å²) >= 11 is 0. The quantitative estimate of drug-likeness (QED) is 0.355. The molecule has 0 amide bonds. The first-order valence-electron chi connectivity index (χ1n) is 8.38. The molecule has 1 rings (SSSR count). The van der Waals surface area contributed by atoms with E-state index in [9.17, 15) is 4.79 Å². The van der Waals surface area contributed by atoms with Gasteiger partial charge in [-0.1, -0.05) is 89.1 Å². The van der Waals surface area contributed by atoms with E-state index in [4.69, 9.17) is 0 Å². The third-order valence-electron chi connectivity index (χ3n) is 3.97. The van der Waals surface area contributed by atoms with Gasteiger partial charge in [0.15, 0.2) is 5.78 Å². The van der Waals surface area contributed by atoms with Crippen LogP contribution in [0.25, 0.3) is 0 Å². The number of Topliss-reactive ketones (excluding diaryl/α,β-unsaturated/α-hetero) is 1. The molecule has 0 heterocycles. The number of benzene rings is 1. The summed E-state index contributed by atoms with van der Waals surface area (Å²) in [6.07, 6.45) is 11.0. The fourth-order valence-electron chi connectivity index (χ4n) is 2.76. The second-order valence-corrected chi connectivity index (χ2v) is 5.77. The molecule has 20 heavy (non-hydrogen) atoms. The van der Waals surface area contributed by atoms with E-state index in [0.29, 0.717) is 5.78 Å². The molecule has 1 aromatic rings. The average molecular weight is 274 g/mol. The molecule has 0 fully saturated rings. The van der Waals surface area contributed by atoms with Crippen molar-refractivity contribution in [2.45, 2.75) is 71.6 Å². The van der Waals surface area contributed by atoms with E-state index in [1.165, 1.54) is 38.5 Å². The molecule has 0 saturated heterocycles. The van der Waals surface area contributed by atoms with Crippen molar-refractivity contribution < 1.29 is 4.79 Å². The van der Waals surface area contributed by atoms with Crippen LogP contribution < -0.4 is 0 Å². The van der Waals surface area contributed by atoms with Crippen molar-refractivity contribution in [2.75, 3.05) is 0 Å². The number of rotatable bonds is 11. The van der Waals surface area contributed by atoms with E-state index in [1.54, 1.807) is 0 Å². The van der Waals surface area contributed by atoms with Crippen molar-refractivity contribution >= 4 is 5.78 Å². The summed E-state index contributed by atoms with van der Waals surface area (Å²) in [7, 11) is 0. The number of ketones is 1. The molecular formula is C19H30O. The van der Waals surface area contributed by atoms with E-state index in [2.05, 4.69) is 13.8 Å². The summed E-state index contributed by atoms with van der Waals surface area (Å²) in [6, 6.07) is 9.79. The molecule has 0 bridgehead atoms. The molecule has 112 valence electrons. The van der Waals surface area contributed by atoms with E-state index < -0.39 is 0 Å². The lowest BCUT2D eigenvalue weighted by molar-refractivity contribution is 0.0903. The lowest BCUT2D eigenvalue weighted by atomic mass is 9.88. The maximum atomic E-state index is 12.5. The average Bonchev–Trinajstić information content (AvgIpc) is 2.50. The molecule has 1 heteroatoms. The molecule has 1 unspecified atom stereocenters. The zero-order chi connectivity index (χ0) is 14.6. The molecule has 0 aliphatic heterocycles. The first kappa shape index (κ1) is 16.9. The molecule has 0 aromatic heterocycles. The summed E-state index contributed by atoms with van der Waals surface area (Å²) in [6.45, 7) is 4.42. The number of hydrogen-bond acceptors (Lipinski definition) is 1. The van der Waals surface area contributed by atoms with Gasteiger partial charge in [0.05, 0.1) is 0 Å². The topological polar surface area (TPSA) is 17.1 Å². The maximum Gasteiger partial charge on any atom is 0.165 e. The van der Waals surface area contributed by atoms with Crippen LogP contribution in [0.3, 0.4) is 0 Å². The SMILES string of the molecule is CCCCCCCCC(CCC)C(=O)c1ccccc1. The lowest BCUT2D eigenvalue weighted by Gasteiger charge is -2.15. The second-order valence-electron chi connectivity index (χ2n) is 5.77. The van der Waals surface area contributed by atoms with Crippen molar-refractivity contribution in [1.29, 1.82) is 0 Å². The third kappa shape index (κ3) is 6.36. The van der Waals surface area contributed by atoms with Gasteiger partial charge in [-0.2, -0.15) is 0 Å². The predicted octanol–water partition coefficient (Wildman–Crippen LogP) is 6.04. The highest BCUT2D eigenvalue weighted by atomic mass is 16.1. The number of carbonyl (C=O) groups excluding carboxylic acids is 1.